The van der Waals surface area contributed by atoms with Crippen molar-refractivity contribution in [3.8, 4) is 11.5 Å². The Morgan fingerprint density at radius 3 is 2.48 bits per heavy atom. The number of anilines is 1. The van der Waals surface area contributed by atoms with Crippen LogP contribution in [0.15, 0.2) is 47.4 Å². The highest BCUT2D eigenvalue weighted by atomic mass is 16.5. The van der Waals surface area contributed by atoms with Crippen LogP contribution in [0.25, 0.3) is 0 Å². The summed E-state index contributed by atoms with van der Waals surface area (Å²) in [6.07, 6.45) is 1.54. The van der Waals surface area contributed by atoms with Gasteiger partial charge in [-0.1, -0.05) is 0 Å². The number of pyridine rings is 1. The number of nitrogens with zero attached hydrogens (tertiary/aromatic N) is 1. The molecule has 0 spiro atoms. The van der Waals surface area contributed by atoms with E-state index in [1.807, 2.05) is 0 Å². The maximum absolute atomic E-state index is 11.9. The van der Waals surface area contributed by atoms with Gasteiger partial charge in [0.1, 0.15) is 12.3 Å². The minimum atomic E-state index is -0.343. The number of rotatable bonds is 5. The van der Waals surface area contributed by atoms with Crippen molar-refractivity contribution in [1.82, 2.24) is 4.57 Å². The van der Waals surface area contributed by atoms with Gasteiger partial charge >= 0.3 is 0 Å². The largest absolute Gasteiger partial charge is 0.497 e. The van der Waals surface area contributed by atoms with Crippen molar-refractivity contribution >= 4 is 11.6 Å². The van der Waals surface area contributed by atoms with Crippen molar-refractivity contribution in [3.05, 3.63) is 52.9 Å². The fourth-order valence-corrected chi connectivity index (χ4v) is 1.82. The monoisotopic (exact) mass is 288 g/mol. The van der Waals surface area contributed by atoms with Crippen LogP contribution in [0.5, 0.6) is 11.5 Å². The normalized spacial score (nSPS) is 10.0. The van der Waals surface area contributed by atoms with Crippen molar-refractivity contribution in [2.75, 3.05) is 19.5 Å². The molecule has 0 bridgehead atoms. The summed E-state index contributed by atoms with van der Waals surface area (Å²) in [6.45, 7) is -0.0813. The highest BCUT2D eigenvalue weighted by molar-refractivity contribution is 5.90. The quantitative estimate of drug-likeness (QED) is 0.905. The molecule has 21 heavy (non-hydrogen) atoms. The van der Waals surface area contributed by atoms with Gasteiger partial charge in [-0.3, -0.25) is 9.59 Å². The fraction of sp³-hybridized carbons (Fsp3) is 0.200. The Morgan fingerprint density at radius 1 is 1.14 bits per heavy atom. The number of nitrogens with one attached hydrogen (secondary N) is 1. The molecule has 110 valence electrons. The van der Waals surface area contributed by atoms with E-state index in [0.29, 0.717) is 11.4 Å². The Balaban J connectivity index is 2.06. The van der Waals surface area contributed by atoms with Crippen LogP contribution >= 0.6 is 0 Å². The second kappa shape index (κ2) is 6.60. The Kier molecular flexibility index (Phi) is 4.61. The van der Waals surface area contributed by atoms with Gasteiger partial charge in [0.05, 0.1) is 14.2 Å². The first kappa shape index (κ1) is 14.6. The van der Waals surface area contributed by atoms with Gasteiger partial charge in [0, 0.05) is 11.9 Å². The molecule has 0 aliphatic rings. The zero-order chi connectivity index (χ0) is 15.2. The third kappa shape index (κ3) is 3.62. The minimum Gasteiger partial charge on any atom is -0.497 e. The molecule has 1 amide bonds. The third-order valence-electron chi connectivity index (χ3n) is 2.89. The Hall–Kier alpha value is -2.76. The smallest absolute Gasteiger partial charge is 0.293 e. The molecule has 0 aliphatic heterocycles. The van der Waals surface area contributed by atoms with E-state index in [1.165, 1.54) is 11.7 Å². The average Bonchev–Trinajstić information content (AvgIpc) is 2.50. The van der Waals surface area contributed by atoms with E-state index in [2.05, 4.69) is 5.32 Å². The maximum Gasteiger partial charge on any atom is 0.293 e. The second-order valence-corrected chi connectivity index (χ2v) is 4.29. The summed E-state index contributed by atoms with van der Waals surface area (Å²) in [5.74, 6) is 0.613. The van der Waals surface area contributed by atoms with E-state index in [1.54, 1.807) is 49.7 Å². The lowest BCUT2D eigenvalue weighted by molar-refractivity contribution is -0.116. The van der Waals surface area contributed by atoms with Crippen molar-refractivity contribution < 1.29 is 14.3 Å². The lowest BCUT2D eigenvalue weighted by Gasteiger charge is -2.09. The van der Waals surface area contributed by atoms with Gasteiger partial charge in [-0.15, -0.1) is 0 Å². The lowest BCUT2D eigenvalue weighted by atomic mass is 10.3. The number of hydrogen-bond acceptors (Lipinski definition) is 4. The summed E-state index contributed by atoms with van der Waals surface area (Å²) < 4.78 is 11.3. The Labute approximate surface area is 121 Å². The highest BCUT2D eigenvalue weighted by Gasteiger charge is 2.08. The predicted octanol–water partition coefficient (Wildman–Crippen LogP) is 1.50. The predicted molar refractivity (Wildman–Crippen MR) is 78.9 cm³/mol. The first-order valence-electron chi connectivity index (χ1n) is 6.31. The molecule has 2 rings (SSSR count). The molecular weight excluding hydrogens is 272 g/mol. The topological polar surface area (TPSA) is 69.6 Å². The molecular formula is C15H16N2O4. The van der Waals surface area contributed by atoms with Crippen LogP contribution in [-0.2, 0) is 11.3 Å². The number of hydrogen-bond donors (Lipinski definition) is 1. The summed E-state index contributed by atoms with van der Waals surface area (Å²) in [5, 5.41) is 2.71. The van der Waals surface area contributed by atoms with Gasteiger partial charge in [0.15, 0.2) is 5.75 Å². The first-order chi connectivity index (χ1) is 10.1. The summed E-state index contributed by atoms with van der Waals surface area (Å²) >= 11 is 0. The van der Waals surface area contributed by atoms with Crippen LogP contribution in [0.1, 0.15) is 0 Å². The highest BCUT2D eigenvalue weighted by Crippen LogP contribution is 2.14. The van der Waals surface area contributed by atoms with E-state index in [9.17, 15) is 9.59 Å². The average molecular weight is 288 g/mol. The van der Waals surface area contributed by atoms with Crippen LogP contribution in [0.2, 0.25) is 0 Å². The van der Waals surface area contributed by atoms with Crippen LogP contribution < -0.4 is 20.3 Å². The van der Waals surface area contributed by atoms with Crippen LogP contribution in [0.4, 0.5) is 5.69 Å². The van der Waals surface area contributed by atoms with Gasteiger partial charge in [-0.25, -0.2) is 0 Å². The number of amides is 1. The third-order valence-corrected chi connectivity index (χ3v) is 2.89. The SMILES string of the molecule is COc1ccc(NC(=O)Cn2cccc(OC)c2=O)cc1. The fourth-order valence-electron chi connectivity index (χ4n) is 1.82. The molecule has 0 aliphatic carbocycles. The summed E-state index contributed by atoms with van der Waals surface area (Å²) in [7, 11) is 2.99. The molecule has 1 aromatic carbocycles. The molecule has 0 saturated heterocycles. The van der Waals surface area contributed by atoms with Gasteiger partial charge in [0.25, 0.3) is 5.56 Å². The van der Waals surface area contributed by atoms with E-state index in [0.717, 1.165) is 0 Å². The number of benzene rings is 1. The molecule has 0 saturated carbocycles. The van der Waals surface area contributed by atoms with Crippen molar-refractivity contribution in [1.29, 1.82) is 0 Å². The molecule has 6 heteroatoms. The molecule has 1 aromatic heterocycles. The summed E-state index contributed by atoms with van der Waals surface area (Å²) in [6, 6.07) is 10.2. The molecule has 2 aromatic rings. The molecule has 0 radical (unpaired) electrons. The molecule has 6 nitrogen and oxygen atoms in total. The van der Waals surface area contributed by atoms with Crippen LogP contribution in [0, 0.1) is 0 Å². The maximum atomic E-state index is 11.9. The van der Waals surface area contributed by atoms with Crippen molar-refractivity contribution in [3.63, 3.8) is 0 Å². The zero-order valence-electron chi connectivity index (χ0n) is 11.8. The van der Waals surface area contributed by atoms with Gasteiger partial charge in [0.2, 0.25) is 5.91 Å². The summed E-state index contributed by atoms with van der Waals surface area (Å²) in [4.78, 5) is 23.9. The molecule has 1 N–H and O–H groups in total. The van der Waals surface area contributed by atoms with Crippen LogP contribution in [-0.4, -0.2) is 24.7 Å². The summed E-state index contributed by atoms with van der Waals surface area (Å²) in [5.41, 5.74) is 0.293. The van der Waals surface area contributed by atoms with Crippen LogP contribution in [0.3, 0.4) is 0 Å². The number of methoxy groups -OCH3 is 2. The molecule has 0 atom stereocenters. The van der Waals surface area contributed by atoms with Crippen molar-refractivity contribution in [2.24, 2.45) is 0 Å². The molecule has 0 fully saturated rings. The van der Waals surface area contributed by atoms with E-state index in [4.69, 9.17) is 9.47 Å². The lowest BCUT2D eigenvalue weighted by Crippen LogP contribution is -2.27. The van der Waals surface area contributed by atoms with E-state index in [-0.39, 0.29) is 23.8 Å². The number of aromatic nitrogens is 1. The van der Waals surface area contributed by atoms with Gasteiger partial charge in [-0.05, 0) is 36.4 Å². The number of carbonyl (C=O) groups excluding carboxylic acids is 1. The number of carbonyl (C=O) groups is 1. The Bertz CT molecular complexity index is 677. The van der Waals surface area contributed by atoms with E-state index >= 15 is 0 Å². The zero-order valence-corrected chi connectivity index (χ0v) is 11.8. The minimum absolute atomic E-state index is 0.0813. The molecule has 1 heterocycles. The van der Waals surface area contributed by atoms with Gasteiger partial charge in [-0.2, -0.15) is 0 Å². The van der Waals surface area contributed by atoms with E-state index < -0.39 is 0 Å². The standard InChI is InChI=1S/C15H16N2O4/c1-20-12-7-5-11(6-8-12)16-14(18)10-17-9-3-4-13(21-2)15(17)19/h3-9H,10H2,1-2H3,(H,16,18). The number of ether oxygens (including phenoxy) is 2. The Morgan fingerprint density at radius 2 is 1.86 bits per heavy atom. The molecule has 0 unspecified atom stereocenters. The second-order valence-electron chi connectivity index (χ2n) is 4.29. The first-order valence-corrected chi connectivity index (χ1v) is 6.31. The van der Waals surface area contributed by atoms with Crippen molar-refractivity contribution in [2.45, 2.75) is 6.54 Å². The van der Waals surface area contributed by atoms with Gasteiger partial charge < -0.3 is 19.4 Å².